The summed E-state index contributed by atoms with van der Waals surface area (Å²) < 4.78 is 4.91. The SMILES string of the molecule is CCCc1cccc(C(=O)c2ccoc2)c1. The molecule has 0 aliphatic carbocycles. The Labute approximate surface area is 94.9 Å². The third kappa shape index (κ3) is 2.22. The first-order valence-electron chi connectivity index (χ1n) is 5.47. The number of furan rings is 1. The van der Waals surface area contributed by atoms with E-state index in [9.17, 15) is 4.79 Å². The Morgan fingerprint density at radius 2 is 2.12 bits per heavy atom. The molecule has 0 amide bonds. The fourth-order valence-corrected chi connectivity index (χ4v) is 1.72. The van der Waals surface area contributed by atoms with Crippen LogP contribution >= 0.6 is 0 Å². The number of rotatable bonds is 4. The Kier molecular flexibility index (Phi) is 3.20. The highest BCUT2D eigenvalue weighted by atomic mass is 16.3. The molecule has 82 valence electrons. The van der Waals surface area contributed by atoms with Crippen molar-refractivity contribution in [2.45, 2.75) is 19.8 Å². The first kappa shape index (κ1) is 10.7. The zero-order valence-electron chi connectivity index (χ0n) is 9.27. The van der Waals surface area contributed by atoms with Crippen LogP contribution in [-0.2, 0) is 6.42 Å². The van der Waals surface area contributed by atoms with Gasteiger partial charge in [-0.25, -0.2) is 0 Å². The highest BCUT2D eigenvalue weighted by Gasteiger charge is 2.10. The molecular weight excluding hydrogens is 200 g/mol. The molecule has 0 aliphatic heterocycles. The summed E-state index contributed by atoms with van der Waals surface area (Å²) in [4.78, 5) is 12.0. The summed E-state index contributed by atoms with van der Waals surface area (Å²) in [5.41, 5.74) is 2.54. The Bertz CT molecular complexity index is 469. The molecule has 0 atom stereocenters. The second-order valence-electron chi connectivity index (χ2n) is 3.79. The van der Waals surface area contributed by atoms with Crippen molar-refractivity contribution in [1.29, 1.82) is 0 Å². The van der Waals surface area contributed by atoms with E-state index in [1.807, 2.05) is 18.2 Å². The molecule has 1 aromatic heterocycles. The maximum atomic E-state index is 12.0. The van der Waals surface area contributed by atoms with Gasteiger partial charge < -0.3 is 4.42 Å². The molecule has 2 nitrogen and oxygen atoms in total. The Morgan fingerprint density at radius 3 is 2.81 bits per heavy atom. The first-order valence-corrected chi connectivity index (χ1v) is 5.47. The van der Waals surface area contributed by atoms with E-state index in [-0.39, 0.29) is 5.78 Å². The van der Waals surface area contributed by atoms with Gasteiger partial charge in [0.15, 0.2) is 5.78 Å². The van der Waals surface area contributed by atoms with Crippen molar-refractivity contribution in [3.8, 4) is 0 Å². The minimum absolute atomic E-state index is 0.0201. The molecule has 0 spiro atoms. The molecule has 2 aromatic rings. The summed E-state index contributed by atoms with van der Waals surface area (Å²) in [7, 11) is 0. The molecular formula is C14H14O2. The van der Waals surface area contributed by atoms with E-state index in [1.165, 1.54) is 18.1 Å². The highest BCUT2D eigenvalue weighted by Crippen LogP contribution is 2.13. The summed E-state index contributed by atoms with van der Waals surface area (Å²) in [6.45, 7) is 2.13. The first-order chi connectivity index (χ1) is 7.81. The van der Waals surface area contributed by atoms with Gasteiger partial charge in [0, 0.05) is 5.56 Å². The number of hydrogen-bond donors (Lipinski definition) is 0. The standard InChI is InChI=1S/C14H14O2/c1-2-4-11-5-3-6-12(9-11)14(15)13-7-8-16-10-13/h3,5-10H,2,4H2,1H3. The van der Waals surface area contributed by atoms with Crippen LogP contribution in [-0.4, -0.2) is 5.78 Å². The van der Waals surface area contributed by atoms with Gasteiger partial charge in [0.05, 0.1) is 11.8 Å². The highest BCUT2D eigenvalue weighted by molar-refractivity contribution is 6.08. The van der Waals surface area contributed by atoms with E-state index in [2.05, 4.69) is 13.0 Å². The second-order valence-corrected chi connectivity index (χ2v) is 3.79. The average molecular weight is 214 g/mol. The lowest BCUT2D eigenvalue weighted by atomic mass is 10.0. The lowest BCUT2D eigenvalue weighted by molar-refractivity contribution is 0.103. The fourth-order valence-electron chi connectivity index (χ4n) is 1.72. The lowest BCUT2D eigenvalue weighted by Gasteiger charge is -2.02. The van der Waals surface area contributed by atoms with Crippen LogP contribution in [0.1, 0.15) is 34.8 Å². The lowest BCUT2D eigenvalue weighted by Crippen LogP contribution is -2.00. The summed E-state index contributed by atoms with van der Waals surface area (Å²) in [5, 5.41) is 0. The minimum Gasteiger partial charge on any atom is -0.472 e. The summed E-state index contributed by atoms with van der Waals surface area (Å²) in [6, 6.07) is 9.47. The van der Waals surface area contributed by atoms with Gasteiger partial charge in [0.1, 0.15) is 6.26 Å². The topological polar surface area (TPSA) is 30.2 Å². The Balaban J connectivity index is 2.27. The zero-order chi connectivity index (χ0) is 11.4. The average Bonchev–Trinajstić information content (AvgIpc) is 2.82. The monoisotopic (exact) mass is 214 g/mol. The number of carbonyl (C=O) groups is 1. The van der Waals surface area contributed by atoms with E-state index in [0.717, 1.165) is 18.4 Å². The van der Waals surface area contributed by atoms with E-state index in [0.29, 0.717) is 5.56 Å². The third-order valence-electron chi connectivity index (χ3n) is 2.51. The predicted octanol–water partition coefficient (Wildman–Crippen LogP) is 3.46. The van der Waals surface area contributed by atoms with Crippen LogP contribution in [0.5, 0.6) is 0 Å². The van der Waals surface area contributed by atoms with Gasteiger partial charge in [-0.15, -0.1) is 0 Å². The van der Waals surface area contributed by atoms with Crippen molar-refractivity contribution in [3.05, 3.63) is 59.5 Å². The summed E-state index contributed by atoms with van der Waals surface area (Å²) in [6.07, 6.45) is 5.09. The van der Waals surface area contributed by atoms with Crippen LogP contribution in [0, 0.1) is 0 Å². The van der Waals surface area contributed by atoms with Crippen LogP contribution in [0.2, 0.25) is 0 Å². The molecule has 0 radical (unpaired) electrons. The summed E-state index contributed by atoms with van der Waals surface area (Å²) >= 11 is 0. The van der Waals surface area contributed by atoms with E-state index in [1.54, 1.807) is 6.07 Å². The Hall–Kier alpha value is -1.83. The molecule has 0 N–H and O–H groups in total. The Morgan fingerprint density at radius 1 is 1.25 bits per heavy atom. The normalized spacial score (nSPS) is 10.3. The van der Waals surface area contributed by atoms with Crippen molar-refractivity contribution in [2.75, 3.05) is 0 Å². The minimum atomic E-state index is 0.0201. The number of hydrogen-bond acceptors (Lipinski definition) is 2. The third-order valence-corrected chi connectivity index (χ3v) is 2.51. The molecule has 0 fully saturated rings. The zero-order valence-corrected chi connectivity index (χ0v) is 9.27. The van der Waals surface area contributed by atoms with Crippen molar-refractivity contribution < 1.29 is 9.21 Å². The molecule has 0 bridgehead atoms. The molecule has 2 heteroatoms. The molecule has 1 aromatic carbocycles. The molecule has 1 heterocycles. The molecule has 0 unspecified atom stereocenters. The number of benzene rings is 1. The molecule has 0 saturated carbocycles. The van der Waals surface area contributed by atoms with Crippen molar-refractivity contribution >= 4 is 5.78 Å². The maximum absolute atomic E-state index is 12.0. The predicted molar refractivity (Wildman–Crippen MR) is 62.6 cm³/mol. The van der Waals surface area contributed by atoms with Crippen LogP contribution in [0.4, 0.5) is 0 Å². The van der Waals surface area contributed by atoms with E-state index in [4.69, 9.17) is 4.42 Å². The van der Waals surface area contributed by atoms with Gasteiger partial charge in [0.25, 0.3) is 0 Å². The van der Waals surface area contributed by atoms with Crippen LogP contribution in [0.15, 0.2) is 47.3 Å². The largest absolute Gasteiger partial charge is 0.472 e. The molecule has 0 aliphatic rings. The van der Waals surface area contributed by atoms with Crippen LogP contribution in [0.25, 0.3) is 0 Å². The van der Waals surface area contributed by atoms with Gasteiger partial charge in [-0.3, -0.25) is 4.79 Å². The van der Waals surface area contributed by atoms with Gasteiger partial charge in [-0.1, -0.05) is 31.5 Å². The van der Waals surface area contributed by atoms with E-state index >= 15 is 0 Å². The van der Waals surface area contributed by atoms with Gasteiger partial charge in [0.2, 0.25) is 0 Å². The number of carbonyl (C=O) groups excluding carboxylic acids is 1. The van der Waals surface area contributed by atoms with Crippen molar-refractivity contribution in [2.24, 2.45) is 0 Å². The second kappa shape index (κ2) is 4.79. The van der Waals surface area contributed by atoms with E-state index < -0.39 is 0 Å². The maximum Gasteiger partial charge on any atom is 0.196 e. The smallest absolute Gasteiger partial charge is 0.196 e. The van der Waals surface area contributed by atoms with Crippen molar-refractivity contribution in [3.63, 3.8) is 0 Å². The van der Waals surface area contributed by atoms with Gasteiger partial charge in [-0.2, -0.15) is 0 Å². The van der Waals surface area contributed by atoms with Gasteiger partial charge >= 0.3 is 0 Å². The molecule has 16 heavy (non-hydrogen) atoms. The molecule has 2 rings (SSSR count). The van der Waals surface area contributed by atoms with Gasteiger partial charge in [-0.05, 0) is 24.1 Å². The summed E-state index contributed by atoms with van der Waals surface area (Å²) in [5.74, 6) is 0.0201. The quantitative estimate of drug-likeness (QED) is 0.729. The van der Waals surface area contributed by atoms with Crippen LogP contribution in [0.3, 0.4) is 0 Å². The number of ketones is 1. The molecule has 0 saturated heterocycles. The number of aryl methyl sites for hydroxylation is 1. The fraction of sp³-hybridized carbons (Fsp3) is 0.214. The van der Waals surface area contributed by atoms with Crippen LogP contribution < -0.4 is 0 Å². The van der Waals surface area contributed by atoms with Crippen molar-refractivity contribution in [1.82, 2.24) is 0 Å².